The van der Waals surface area contributed by atoms with Gasteiger partial charge in [0.05, 0.1) is 12.0 Å². The van der Waals surface area contributed by atoms with Crippen LogP contribution in [-0.2, 0) is 17.4 Å². The number of nitrogens with one attached hydrogen (secondary N) is 1. The highest BCUT2D eigenvalue weighted by Gasteiger charge is 2.31. The number of hydrogen-bond donors (Lipinski definition) is 3. The van der Waals surface area contributed by atoms with Crippen molar-refractivity contribution in [3.8, 4) is 16.9 Å². The van der Waals surface area contributed by atoms with Gasteiger partial charge in [-0.1, -0.05) is 12.1 Å². The van der Waals surface area contributed by atoms with Crippen LogP contribution in [0.15, 0.2) is 42.6 Å². The molecule has 0 aliphatic heterocycles. The molecular weight excluding hydrogens is 323 g/mol. The van der Waals surface area contributed by atoms with Crippen LogP contribution < -0.4 is 0 Å². The second kappa shape index (κ2) is 5.59. The minimum absolute atomic E-state index is 0.178. The quantitative estimate of drug-likeness (QED) is 0.672. The smallest absolute Gasteiger partial charge is 0.416 e. The number of hydrogen-bond acceptors (Lipinski definition) is 2. The fourth-order valence-electron chi connectivity index (χ4n) is 2.61. The van der Waals surface area contributed by atoms with E-state index >= 15 is 0 Å². The van der Waals surface area contributed by atoms with Crippen LogP contribution in [-0.4, -0.2) is 21.2 Å². The van der Waals surface area contributed by atoms with E-state index in [9.17, 15) is 23.1 Å². The molecule has 0 aliphatic carbocycles. The van der Waals surface area contributed by atoms with Crippen molar-refractivity contribution in [3.63, 3.8) is 0 Å². The zero-order valence-electron chi connectivity index (χ0n) is 12.2. The highest BCUT2D eigenvalue weighted by atomic mass is 19.4. The molecule has 0 amide bonds. The first-order valence-corrected chi connectivity index (χ1v) is 6.98. The fourth-order valence-corrected chi connectivity index (χ4v) is 2.61. The SMILES string of the molecule is O=C(O)Cc1c[nH]c2ccc(-c3ccc(C(F)(F)F)cc3O)cc12. The summed E-state index contributed by atoms with van der Waals surface area (Å²) in [6.45, 7) is 0. The lowest BCUT2D eigenvalue weighted by atomic mass is 9.99. The summed E-state index contributed by atoms with van der Waals surface area (Å²) in [5, 5.41) is 19.5. The van der Waals surface area contributed by atoms with E-state index in [-0.39, 0.29) is 12.0 Å². The predicted molar refractivity (Wildman–Crippen MR) is 81.7 cm³/mol. The molecule has 0 aliphatic rings. The maximum Gasteiger partial charge on any atom is 0.416 e. The Morgan fingerprint density at radius 1 is 1.12 bits per heavy atom. The summed E-state index contributed by atoms with van der Waals surface area (Å²) >= 11 is 0. The molecule has 0 saturated carbocycles. The number of benzene rings is 2. The van der Waals surface area contributed by atoms with Crippen LogP contribution in [0.4, 0.5) is 13.2 Å². The zero-order valence-corrected chi connectivity index (χ0v) is 12.2. The Hall–Kier alpha value is -2.96. The van der Waals surface area contributed by atoms with Crippen molar-refractivity contribution >= 4 is 16.9 Å². The van der Waals surface area contributed by atoms with Crippen LogP contribution in [0, 0.1) is 0 Å². The van der Waals surface area contributed by atoms with Gasteiger partial charge in [0.2, 0.25) is 0 Å². The Kier molecular flexibility index (Phi) is 3.71. The molecule has 4 nitrogen and oxygen atoms in total. The molecule has 1 heterocycles. The van der Waals surface area contributed by atoms with Crippen molar-refractivity contribution in [2.24, 2.45) is 0 Å². The summed E-state index contributed by atoms with van der Waals surface area (Å²) in [7, 11) is 0. The van der Waals surface area contributed by atoms with E-state index in [0.29, 0.717) is 28.1 Å². The number of aromatic hydroxyl groups is 1. The van der Waals surface area contributed by atoms with Crippen LogP contribution in [0.2, 0.25) is 0 Å². The molecule has 3 N–H and O–H groups in total. The van der Waals surface area contributed by atoms with Gasteiger partial charge in [-0.3, -0.25) is 4.79 Å². The zero-order chi connectivity index (χ0) is 17.5. The number of phenols is 1. The first-order chi connectivity index (χ1) is 11.3. The summed E-state index contributed by atoms with van der Waals surface area (Å²) in [6.07, 6.45) is -3.13. The van der Waals surface area contributed by atoms with Gasteiger partial charge in [-0.05, 0) is 35.4 Å². The standard InChI is InChI=1S/C17H12F3NO3/c18-17(19,20)11-2-3-12(15(22)7-11)9-1-4-14-13(5-9)10(8-21-14)6-16(23)24/h1-5,7-8,21-22H,6H2,(H,23,24). The predicted octanol–water partition coefficient (Wildman–Crippen LogP) is 4.19. The first-order valence-electron chi connectivity index (χ1n) is 6.98. The third-order valence-corrected chi connectivity index (χ3v) is 3.75. The summed E-state index contributed by atoms with van der Waals surface area (Å²) in [5.41, 5.74) is 1.08. The highest BCUT2D eigenvalue weighted by molar-refractivity contribution is 5.91. The Labute approximate surface area is 134 Å². The van der Waals surface area contributed by atoms with Crippen molar-refractivity contribution in [2.45, 2.75) is 12.6 Å². The highest BCUT2D eigenvalue weighted by Crippen LogP contribution is 2.37. The number of aromatic nitrogens is 1. The van der Waals surface area contributed by atoms with E-state index < -0.39 is 23.5 Å². The van der Waals surface area contributed by atoms with Gasteiger partial charge >= 0.3 is 12.1 Å². The number of aliphatic carboxylic acids is 1. The maximum atomic E-state index is 12.7. The van der Waals surface area contributed by atoms with E-state index in [1.165, 1.54) is 6.07 Å². The molecule has 0 spiro atoms. The van der Waals surface area contributed by atoms with Crippen LogP contribution in [0.25, 0.3) is 22.0 Å². The average Bonchev–Trinajstić information content (AvgIpc) is 2.88. The summed E-state index contributed by atoms with van der Waals surface area (Å²) in [5.74, 6) is -1.47. The second-order valence-electron chi connectivity index (χ2n) is 5.37. The van der Waals surface area contributed by atoms with Gasteiger partial charge in [0.15, 0.2) is 0 Å². The number of carbonyl (C=O) groups is 1. The second-order valence-corrected chi connectivity index (χ2v) is 5.37. The van der Waals surface area contributed by atoms with Crippen LogP contribution >= 0.6 is 0 Å². The van der Waals surface area contributed by atoms with Crippen molar-refractivity contribution in [3.05, 3.63) is 53.7 Å². The van der Waals surface area contributed by atoms with E-state index in [2.05, 4.69) is 4.98 Å². The average molecular weight is 335 g/mol. The minimum Gasteiger partial charge on any atom is -0.507 e. The van der Waals surface area contributed by atoms with Crippen LogP contribution in [0.3, 0.4) is 0 Å². The number of carboxylic acids is 1. The Morgan fingerprint density at radius 3 is 2.50 bits per heavy atom. The Morgan fingerprint density at radius 2 is 1.88 bits per heavy atom. The van der Waals surface area contributed by atoms with Gasteiger partial charge in [0.25, 0.3) is 0 Å². The van der Waals surface area contributed by atoms with Crippen LogP contribution in [0.1, 0.15) is 11.1 Å². The number of aromatic amines is 1. The summed E-state index contributed by atoms with van der Waals surface area (Å²) < 4.78 is 38.0. The van der Waals surface area contributed by atoms with Gasteiger partial charge in [-0.2, -0.15) is 13.2 Å². The lowest BCUT2D eigenvalue weighted by Crippen LogP contribution is -2.04. The van der Waals surface area contributed by atoms with Crippen molar-refractivity contribution < 1.29 is 28.2 Å². The summed E-state index contributed by atoms with van der Waals surface area (Å²) in [4.78, 5) is 13.8. The number of H-pyrrole nitrogens is 1. The van der Waals surface area contributed by atoms with Gasteiger partial charge in [-0.25, -0.2) is 0 Å². The molecule has 0 saturated heterocycles. The molecule has 0 unspecified atom stereocenters. The van der Waals surface area contributed by atoms with E-state index in [4.69, 9.17) is 5.11 Å². The lowest BCUT2D eigenvalue weighted by Gasteiger charge is -2.10. The number of phenolic OH excluding ortho intramolecular Hbond substituents is 1. The molecular formula is C17H12F3NO3. The van der Waals surface area contributed by atoms with E-state index in [1.807, 2.05) is 0 Å². The molecule has 0 bridgehead atoms. The Bertz CT molecular complexity index is 928. The first kappa shape index (κ1) is 15.9. The van der Waals surface area contributed by atoms with Crippen molar-refractivity contribution in [2.75, 3.05) is 0 Å². The molecule has 0 fully saturated rings. The van der Waals surface area contributed by atoms with Gasteiger partial charge in [0.1, 0.15) is 5.75 Å². The number of alkyl halides is 3. The molecule has 0 atom stereocenters. The monoisotopic (exact) mass is 335 g/mol. The molecule has 7 heteroatoms. The van der Waals surface area contributed by atoms with E-state index in [0.717, 1.165) is 6.07 Å². The molecule has 2 aromatic carbocycles. The molecule has 3 aromatic rings. The normalized spacial score (nSPS) is 11.8. The van der Waals surface area contributed by atoms with Crippen molar-refractivity contribution in [1.82, 2.24) is 4.98 Å². The third-order valence-electron chi connectivity index (χ3n) is 3.75. The molecule has 0 radical (unpaired) electrons. The molecule has 124 valence electrons. The molecule has 24 heavy (non-hydrogen) atoms. The maximum absolute atomic E-state index is 12.7. The van der Waals surface area contributed by atoms with Crippen LogP contribution in [0.5, 0.6) is 5.75 Å². The number of fused-ring (bicyclic) bond motifs is 1. The molecule has 1 aromatic heterocycles. The summed E-state index contributed by atoms with van der Waals surface area (Å²) in [6, 6.07) is 7.75. The minimum atomic E-state index is -4.53. The third kappa shape index (κ3) is 2.92. The van der Waals surface area contributed by atoms with Crippen molar-refractivity contribution in [1.29, 1.82) is 0 Å². The van der Waals surface area contributed by atoms with Gasteiger partial charge in [-0.15, -0.1) is 0 Å². The topological polar surface area (TPSA) is 73.3 Å². The largest absolute Gasteiger partial charge is 0.507 e. The number of carboxylic acid groups (broad SMARTS) is 1. The van der Waals surface area contributed by atoms with Gasteiger partial charge in [0, 0.05) is 22.7 Å². The number of rotatable bonds is 3. The molecule has 3 rings (SSSR count). The van der Waals surface area contributed by atoms with Gasteiger partial charge < -0.3 is 15.2 Å². The van der Waals surface area contributed by atoms with E-state index in [1.54, 1.807) is 24.4 Å². The Balaban J connectivity index is 2.08. The number of halogens is 3. The fraction of sp³-hybridized carbons (Fsp3) is 0.118. The lowest BCUT2D eigenvalue weighted by molar-refractivity contribution is -0.138.